The lowest BCUT2D eigenvalue weighted by molar-refractivity contribution is -0.385. The summed E-state index contributed by atoms with van der Waals surface area (Å²) in [5.41, 5.74) is 0.524. The topological polar surface area (TPSA) is 98.5 Å². The van der Waals surface area contributed by atoms with E-state index in [1.54, 1.807) is 17.5 Å². The molecule has 0 aliphatic carbocycles. The highest BCUT2D eigenvalue weighted by Gasteiger charge is 2.18. The van der Waals surface area contributed by atoms with Gasteiger partial charge >= 0.3 is 5.97 Å². The highest BCUT2D eigenvalue weighted by atomic mass is 32.1. The van der Waals surface area contributed by atoms with Gasteiger partial charge in [0.15, 0.2) is 0 Å². The van der Waals surface area contributed by atoms with Crippen LogP contribution in [-0.4, -0.2) is 23.9 Å². The number of nitrogens with zero attached hydrogens (tertiary/aromatic N) is 1. The molecule has 0 bridgehead atoms. The summed E-state index contributed by atoms with van der Waals surface area (Å²) in [6.45, 7) is 0. The second-order valence-corrected chi connectivity index (χ2v) is 5.18. The van der Waals surface area contributed by atoms with E-state index in [0.717, 1.165) is 11.3 Å². The van der Waals surface area contributed by atoms with E-state index in [4.69, 9.17) is 0 Å². The minimum Gasteiger partial charge on any atom is -0.465 e. The van der Waals surface area contributed by atoms with E-state index in [1.807, 2.05) is 0 Å². The first-order valence-corrected chi connectivity index (χ1v) is 7.09. The van der Waals surface area contributed by atoms with Crippen molar-refractivity contribution >= 4 is 34.6 Å². The van der Waals surface area contributed by atoms with Gasteiger partial charge in [-0.15, -0.1) is 11.3 Å². The molecule has 0 unspecified atom stereocenters. The third kappa shape index (κ3) is 3.47. The fraction of sp³-hybridized carbons (Fsp3) is 0.143. The molecule has 1 heterocycles. The standard InChI is InChI=1S/C14H12N2O5S/c1-21-14(18)13-10(6-7-22-13)15-12(17)8-9-4-2-3-5-11(9)16(19)20/h2-7H,8H2,1H3,(H,15,17). The monoisotopic (exact) mass is 320 g/mol. The fourth-order valence-corrected chi connectivity index (χ4v) is 2.63. The van der Waals surface area contributed by atoms with Crippen molar-refractivity contribution < 1.29 is 19.2 Å². The first-order valence-electron chi connectivity index (χ1n) is 6.21. The molecule has 1 aromatic heterocycles. The molecule has 1 N–H and O–H groups in total. The molecule has 7 nitrogen and oxygen atoms in total. The van der Waals surface area contributed by atoms with Crippen molar-refractivity contribution in [2.24, 2.45) is 0 Å². The molecule has 0 spiro atoms. The van der Waals surface area contributed by atoms with Crippen LogP contribution in [0.1, 0.15) is 15.2 Å². The fourth-order valence-electron chi connectivity index (χ4n) is 1.86. The molecule has 1 aromatic carbocycles. The lowest BCUT2D eigenvalue weighted by Crippen LogP contribution is -2.16. The molecule has 1 amide bonds. The van der Waals surface area contributed by atoms with Gasteiger partial charge in [-0.05, 0) is 11.4 Å². The summed E-state index contributed by atoms with van der Waals surface area (Å²) >= 11 is 1.14. The Kier molecular flexibility index (Phi) is 4.84. The largest absolute Gasteiger partial charge is 0.465 e. The number of carbonyl (C=O) groups excluding carboxylic acids is 2. The van der Waals surface area contributed by atoms with Crippen LogP contribution in [0.2, 0.25) is 0 Å². The van der Waals surface area contributed by atoms with Gasteiger partial charge in [-0.3, -0.25) is 14.9 Å². The lowest BCUT2D eigenvalue weighted by Gasteiger charge is -2.06. The number of carbonyl (C=O) groups is 2. The van der Waals surface area contributed by atoms with Crippen LogP contribution in [0.5, 0.6) is 0 Å². The van der Waals surface area contributed by atoms with Gasteiger partial charge in [-0.1, -0.05) is 18.2 Å². The van der Waals surface area contributed by atoms with Crippen molar-refractivity contribution in [3.8, 4) is 0 Å². The SMILES string of the molecule is COC(=O)c1sccc1NC(=O)Cc1ccccc1[N+](=O)[O-]. The average molecular weight is 320 g/mol. The van der Waals surface area contributed by atoms with Crippen LogP contribution in [0, 0.1) is 10.1 Å². The Morgan fingerprint density at radius 3 is 2.73 bits per heavy atom. The number of anilines is 1. The van der Waals surface area contributed by atoms with Gasteiger partial charge in [-0.2, -0.15) is 0 Å². The molecule has 8 heteroatoms. The van der Waals surface area contributed by atoms with Gasteiger partial charge in [0.25, 0.3) is 5.69 Å². The van der Waals surface area contributed by atoms with Crippen LogP contribution in [0.3, 0.4) is 0 Å². The van der Waals surface area contributed by atoms with Crippen molar-refractivity contribution in [3.05, 3.63) is 56.3 Å². The molecule has 0 aliphatic rings. The van der Waals surface area contributed by atoms with Crippen molar-refractivity contribution in [1.29, 1.82) is 0 Å². The van der Waals surface area contributed by atoms with E-state index in [2.05, 4.69) is 10.1 Å². The summed E-state index contributed by atoms with van der Waals surface area (Å²) in [5, 5.41) is 15.1. The Morgan fingerprint density at radius 2 is 2.05 bits per heavy atom. The van der Waals surface area contributed by atoms with Crippen molar-refractivity contribution in [3.63, 3.8) is 0 Å². The number of para-hydroxylation sites is 1. The van der Waals surface area contributed by atoms with Crippen molar-refractivity contribution in [2.75, 3.05) is 12.4 Å². The van der Waals surface area contributed by atoms with Gasteiger partial charge in [0.2, 0.25) is 5.91 Å². The number of nitro benzene ring substituents is 1. The Hall–Kier alpha value is -2.74. The normalized spacial score (nSPS) is 10.0. The molecule has 0 saturated heterocycles. The number of nitro groups is 1. The number of thiophene rings is 1. The van der Waals surface area contributed by atoms with Crippen LogP contribution in [-0.2, 0) is 16.0 Å². The number of hydrogen-bond acceptors (Lipinski definition) is 6. The van der Waals surface area contributed by atoms with E-state index >= 15 is 0 Å². The summed E-state index contributed by atoms with van der Waals surface area (Å²) in [5.74, 6) is -0.992. The molecule has 2 aromatic rings. The van der Waals surface area contributed by atoms with Gasteiger partial charge in [-0.25, -0.2) is 4.79 Å². The van der Waals surface area contributed by atoms with E-state index in [9.17, 15) is 19.7 Å². The van der Waals surface area contributed by atoms with Crippen LogP contribution >= 0.6 is 11.3 Å². The molecule has 114 valence electrons. The number of nitrogens with one attached hydrogen (secondary N) is 1. The number of hydrogen-bond donors (Lipinski definition) is 1. The highest BCUT2D eigenvalue weighted by Crippen LogP contribution is 2.24. The molecule has 0 aliphatic heterocycles. The van der Waals surface area contributed by atoms with Crippen LogP contribution in [0.4, 0.5) is 11.4 Å². The molecular formula is C14H12N2O5S. The molecule has 0 saturated carbocycles. The zero-order valence-electron chi connectivity index (χ0n) is 11.6. The second kappa shape index (κ2) is 6.81. The number of rotatable bonds is 5. The maximum Gasteiger partial charge on any atom is 0.350 e. The molecular weight excluding hydrogens is 308 g/mol. The van der Waals surface area contributed by atoms with Crippen LogP contribution < -0.4 is 5.32 Å². The number of ether oxygens (including phenoxy) is 1. The third-order valence-corrected chi connectivity index (χ3v) is 3.74. The van der Waals surface area contributed by atoms with E-state index in [0.29, 0.717) is 11.3 Å². The summed E-state index contributed by atoms with van der Waals surface area (Å²) < 4.78 is 4.62. The third-order valence-electron chi connectivity index (χ3n) is 2.85. The molecule has 0 radical (unpaired) electrons. The van der Waals surface area contributed by atoms with Crippen LogP contribution in [0.15, 0.2) is 35.7 Å². The average Bonchev–Trinajstić information content (AvgIpc) is 2.94. The summed E-state index contributed by atoms with van der Waals surface area (Å²) in [6.07, 6.45) is -0.159. The Bertz CT molecular complexity index is 726. The predicted molar refractivity (Wildman–Crippen MR) is 81.1 cm³/mol. The van der Waals surface area contributed by atoms with Gasteiger partial charge in [0.1, 0.15) is 4.88 Å². The molecule has 22 heavy (non-hydrogen) atoms. The maximum atomic E-state index is 12.0. The van der Waals surface area contributed by atoms with E-state index < -0.39 is 16.8 Å². The Balaban J connectivity index is 2.13. The van der Waals surface area contributed by atoms with E-state index in [-0.39, 0.29) is 17.0 Å². The Labute approximate surface area is 129 Å². The highest BCUT2D eigenvalue weighted by molar-refractivity contribution is 7.12. The number of esters is 1. The first kappa shape index (κ1) is 15.6. The van der Waals surface area contributed by atoms with Crippen molar-refractivity contribution in [1.82, 2.24) is 0 Å². The minimum atomic E-state index is -0.545. The number of benzene rings is 1. The number of amides is 1. The molecule has 0 fully saturated rings. The van der Waals surface area contributed by atoms with Gasteiger partial charge in [0.05, 0.1) is 24.1 Å². The maximum absolute atomic E-state index is 12.0. The lowest BCUT2D eigenvalue weighted by atomic mass is 10.1. The summed E-state index contributed by atoms with van der Waals surface area (Å²) in [6, 6.07) is 7.60. The zero-order chi connectivity index (χ0) is 16.1. The minimum absolute atomic E-state index is 0.115. The summed E-state index contributed by atoms with van der Waals surface area (Å²) in [7, 11) is 1.25. The van der Waals surface area contributed by atoms with Gasteiger partial charge < -0.3 is 10.1 Å². The zero-order valence-corrected chi connectivity index (χ0v) is 12.4. The predicted octanol–water partition coefficient (Wildman–Crippen LogP) is 2.62. The van der Waals surface area contributed by atoms with E-state index in [1.165, 1.54) is 25.3 Å². The number of methoxy groups -OCH3 is 1. The molecule has 2 rings (SSSR count). The van der Waals surface area contributed by atoms with Gasteiger partial charge in [0, 0.05) is 11.6 Å². The first-order chi connectivity index (χ1) is 10.5. The molecule has 0 atom stereocenters. The van der Waals surface area contributed by atoms with Crippen molar-refractivity contribution in [2.45, 2.75) is 6.42 Å². The summed E-state index contributed by atoms with van der Waals surface area (Å²) in [4.78, 5) is 34.2. The quantitative estimate of drug-likeness (QED) is 0.519. The Morgan fingerprint density at radius 1 is 1.32 bits per heavy atom. The second-order valence-electron chi connectivity index (χ2n) is 4.27. The van der Waals surface area contributed by atoms with Crippen LogP contribution in [0.25, 0.3) is 0 Å². The smallest absolute Gasteiger partial charge is 0.350 e.